The van der Waals surface area contributed by atoms with Crippen molar-refractivity contribution in [1.82, 2.24) is 14.5 Å². The van der Waals surface area contributed by atoms with Crippen molar-refractivity contribution in [2.45, 2.75) is 39.7 Å². The van der Waals surface area contributed by atoms with Crippen molar-refractivity contribution in [2.24, 2.45) is 5.41 Å². The van der Waals surface area contributed by atoms with E-state index in [0.717, 1.165) is 35.5 Å². The van der Waals surface area contributed by atoms with Crippen LogP contribution in [0.1, 0.15) is 44.5 Å². The summed E-state index contributed by atoms with van der Waals surface area (Å²) in [7, 11) is -1.64. The molecule has 1 aromatic heterocycles. The zero-order valence-corrected chi connectivity index (χ0v) is 15.9. The predicted molar refractivity (Wildman–Crippen MR) is 97.6 cm³/mol. The molecule has 25 heavy (non-hydrogen) atoms. The minimum absolute atomic E-state index is 0.0157. The van der Waals surface area contributed by atoms with Gasteiger partial charge in [-0.15, -0.1) is 0 Å². The van der Waals surface area contributed by atoms with Gasteiger partial charge in [-0.25, -0.2) is 17.8 Å². The third-order valence-electron chi connectivity index (χ3n) is 4.70. The van der Waals surface area contributed by atoms with Crippen LogP contribution in [0.4, 0.5) is 0 Å². The highest BCUT2D eigenvalue weighted by molar-refractivity contribution is 7.89. The predicted octanol–water partition coefficient (Wildman–Crippen LogP) is 2.83. The Hall–Kier alpha value is -1.86. The number of hydrogen-bond donors (Lipinski definition) is 1. The van der Waals surface area contributed by atoms with Gasteiger partial charge in [-0.05, 0) is 49.4 Å². The topological polar surface area (TPSA) is 73.2 Å². The Morgan fingerprint density at radius 2 is 2.00 bits per heavy atom. The molecule has 0 fully saturated rings. The van der Waals surface area contributed by atoms with Gasteiger partial charge in [0.15, 0.2) is 0 Å². The van der Waals surface area contributed by atoms with E-state index in [-0.39, 0.29) is 17.2 Å². The maximum absolute atomic E-state index is 12.1. The molecule has 136 valence electrons. The molecule has 0 unspecified atom stereocenters. The molecule has 1 N–H and O–H groups in total. The summed E-state index contributed by atoms with van der Waals surface area (Å²) in [5.41, 5.74) is 2.95. The van der Waals surface area contributed by atoms with Gasteiger partial charge in [0.1, 0.15) is 5.75 Å². The van der Waals surface area contributed by atoms with E-state index in [0.29, 0.717) is 0 Å². The molecular weight excluding hydrogens is 338 g/mol. The van der Waals surface area contributed by atoms with E-state index in [1.165, 1.54) is 0 Å². The summed E-state index contributed by atoms with van der Waals surface area (Å²) < 4.78 is 34.1. The molecule has 0 spiro atoms. The lowest BCUT2D eigenvalue weighted by molar-refractivity contribution is 0.269. The third kappa shape index (κ3) is 3.72. The average Bonchev–Trinajstić information content (AvgIpc) is 2.97. The fourth-order valence-corrected chi connectivity index (χ4v) is 4.20. The van der Waals surface area contributed by atoms with Crippen LogP contribution in [0.5, 0.6) is 5.75 Å². The molecule has 0 saturated heterocycles. The maximum Gasteiger partial charge on any atom is 0.211 e. The molecule has 2 aromatic rings. The number of rotatable bonds is 5. The molecule has 0 saturated carbocycles. The number of nitrogens with one attached hydrogen (secondary N) is 1. The van der Waals surface area contributed by atoms with Crippen LogP contribution in [-0.2, 0) is 16.4 Å². The number of fused-ring (bicyclic) bond motifs is 1. The number of nitrogens with zero attached hydrogens (tertiary/aromatic N) is 2. The summed E-state index contributed by atoms with van der Waals surface area (Å²) in [5.74, 6) is 0.866. The smallest absolute Gasteiger partial charge is 0.211 e. The molecule has 7 heteroatoms. The molecular formula is C18H25N3O3S. The standard InChI is InChI=1S/C18H25N3O3S/c1-5-25(22,23)20-16-10-18(2,3)11-17-15(16)12-19-21(17)13-6-8-14(24-4)9-7-13/h6-9,12,16,20H,5,10-11H2,1-4H3/t16-/m1/s1. The molecule has 1 aliphatic carbocycles. The van der Waals surface area contributed by atoms with E-state index in [1.54, 1.807) is 20.2 Å². The van der Waals surface area contributed by atoms with Crippen LogP contribution in [0.3, 0.4) is 0 Å². The first-order chi connectivity index (χ1) is 11.7. The summed E-state index contributed by atoms with van der Waals surface area (Å²) in [5, 5.41) is 4.54. The Morgan fingerprint density at radius 1 is 1.32 bits per heavy atom. The SMILES string of the molecule is CCS(=O)(=O)N[C@@H]1CC(C)(C)Cc2c1cnn2-c1ccc(OC)cc1. The molecule has 0 radical (unpaired) electrons. The third-order valence-corrected chi connectivity index (χ3v) is 6.10. The van der Waals surface area contributed by atoms with Gasteiger partial charge in [-0.2, -0.15) is 5.10 Å². The average molecular weight is 363 g/mol. The summed E-state index contributed by atoms with van der Waals surface area (Å²) in [6, 6.07) is 7.47. The van der Waals surface area contributed by atoms with Crippen molar-refractivity contribution in [1.29, 1.82) is 0 Å². The number of methoxy groups -OCH3 is 1. The van der Waals surface area contributed by atoms with Gasteiger partial charge in [-0.1, -0.05) is 13.8 Å². The molecule has 0 aliphatic heterocycles. The molecule has 1 atom stereocenters. The zero-order chi connectivity index (χ0) is 18.2. The van der Waals surface area contributed by atoms with Gasteiger partial charge in [0.2, 0.25) is 10.0 Å². The Labute approximate surface area is 149 Å². The van der Waals surface area contributed by atoms with Crippen molar-refractivity contribution < 1.29 is 13.2 Å². The molecule has 1 aromatic carbocycles. The van der Waals surface area contributed by atoms with Crippen molar-refractivity contribution in [3.05, 3.63) is 41.7 Å². The van der Waals surface area contributed by atoms with Gasteiger partial charge in [0, 0.05) is 11.3 Å². The lowest BCUT2D eigenvalue weighted by atomic mass is 9.74. The van der Waals surface area contributed by atoms with Crippen LogP contribution in [0.25, 0.3) is 5.69 Å². The second-order valence-electron chi connectivity index (χ2n) is 7.28. The van der Waals surface area contributed by atoms with Crippen LogP contribution in [0, 0.1) is 5.41 Å². The second-order valence-corrected chi connectivity index (χ2v) is 9.32. The first-order valence-electron chi connectivity index (χ1n) is 8.46. The molecule has 0 bridgehead atoms. The van der Waals surface area contributed by atoms with Gasteiger partial charge in [-0.3, -0.25) is 0 Å². The van der Waals surface area contributed by atoms with Gasteiger partial charge >= 0.3 is 0 Å². The molecule has 1 aliphatic rings. The number of benzene rings is 1. The molecule has 3 rings (SSSR count). The lowest BCUT2D eigenvalue weighted by Crippen LogP contribution is -2.37. The summed E-state index contributed by atoms with van der Waals surface area (Å²) in [6.45, 7) is 5.97. The first-order valence-corrected chi connectivity index (χ1v) is 10.1. The van der Waals surface area contributed by atoms with Crippen LogP contribution in [-0.4, -0.2) is 31.1 Å². The van der Waals surface area contributed by atoms with Crippen molar-refractivity contribution in [3.63, 3.8) is 0 Å². The minimum atomic E-state index is -3.28. The van der Waals surface area contributed by atoms with E-state index in [1.807, 2.05) is 28.9 Å². The zero-order valence-electron chi connectivity index (χ0n) is 15.1. The Balaban J connectivity index is 2.02. The maximum atomic E-state index is 12.1. The molecule has 0 amide bonds. The Kier molecular flexibility index (Phi) is 4.64. The van der Waals surface area contributed by atoms with Crippen molar-refractivity contribution >= 4 is 10.0 Å². The van der Waals surface area contributed by atoms with E-state index >= 15 is 0 Å². The fraction of sp³-hybridized carbons (Fsp3) is 0.500. The Morgan fingerprint density at radius 3 is 2.60 bits per heavy atom. The normalized spacial score (nSPS) is 19.4. The molecule has 6 nitrogen and oxygen atoms in total. The number of aromatic nitrogens is 2. The lowest BCUT2D eigenvalue weighted by Gasteiger charge is -2.35. The van der Waals surface area contributed by atoms with Crippen molar-refractivity contribution in [2.75, 3.05) is 12.9 Å². The second kappa shape index (κ2) is 6.46. The minimum Gasteiger partial charge on any atom is -0.497 e. The summed E-state index contributed by atoms with van der Waals surface area (Å²) >= 11 is 0. The largest absolute Gasteiger partial charge is 0.497 e. The fourth-order valence-electron chi connectivity index (χ4n) is 3.39. The van der Waals surface area contributed by atoms with Crippen molar-refractivity contribution in [3.8, 4) is 11.4 Å². The van der Waals surface area contributed by atoms with E-state index in [4.69, 9.17) is 4.74 Å². The van der Waals surface area contributed by atoms with Crippen LogP contribution < -0.4 is 9.46 Å². The van der Waals surface area contributed by atoms with Crippen LogP contribution in [0.2, 0.25) is 0 Å². The quantitative estimate of drug-likeness (QED) is 0.886. The first kappa shape index (κ1) is 17.9. The highest BCUT2D eigenvalue weighted by Crippen LogP contribution is 2.41. The van der Waals surface area contributed by atoms with Crippen LogP contribution >= 0.6 is 0 Å². The number of sulfonamides is 1. The Bertz CT molecular complexity index is 854. The van der Waals surface area contributed by atoms with Gasteiger partial charge < -0.3 is 4.74 Å². The van der Waals surface area contributed by atoms with E-state index < -0.39 is 10.0 Å². The molecule has 1 heterocycles. The highest BCUT2D eigenvalue weighted by atomic mass is 32.2. The van der Waals surface area contributed by atoms with E-state index in [9.17, 15) is 8.42 Å². The van der Waals surface area contributed by atoms with Crippen LogP contribution in [0.15, 0.2) is 30.5 Å². The summed E-state index contributed by atoms with van der Waals surface area (Å²) in [6.07, 6.45) is 3.39. The van der Waals surface area contributed by atoms with E-state index in [2.05, 4.69) is 23.7 Å². The monoisotopic (exact) mass is 363 g/mol. The van der Waals surface area contributed by atoms with Gasteiger partial charge in [0.05, 0.1) is 30.8 Å². The highest BCUT2D eigenvalue weighted by Gasteiger charge is 2.36. The number of hydrogen-bond acceptors (Lipinski definition) is 4. The van der Waals surface area contributed by atoms with Gasteiger partial charge in [0.25, 0.3) is 0 Å². The number of ether oxygens (including phenoxy) is 1. The summed E-state index contributed by atoms with van der Waals surface area (Å²) in [4.78, 5) is 0.